The lowest BCUT2D eigenvalue weighted by Gasteiger charge is -2.04. The smallest absolute Gasteiger partial charge is 0.166 e. The van der Waals surface area contributed by atoms with Gasteiger partial charge < -0.3 is 0 Å². The zero-order chi connectivity index (χ0) is 13.8. The van der Waals surface area contributed by atoms with Gasteiger partial charge in [0.1, 0.15) is 0 Å². The van der Waals surface area contributed by atoms with Gasteiger partial charge in [-0.15, -0.1) is 5.10 Å². The second-order valence-corrected chi connectivity index (χ2v) is 5.37. The quantitative estimate of drug-likeness (QED) is 0.694. The molecule has 7 heteroatoms. The summed E-state index contributed by atoms with van der Waals surface area (Å²) in [5, 5.41) is 13.4. The Bertz CT molecular complexity index is 683. The highest BCUT2D eigenvalue weighted by atomic mass is 35.5. The molecule has 0 unspecified atom stereocenters. The van der Waals surface area contributed by atoms with Crippen molar-refractivity contribution in [2.45, 2.75) is 10.8 Å². The Morgan fingerprint density at radius 3 is 2.70 bits per heavy atom. The van der Waals surface area contributed by atoms with E-state index in [1.54, 1.807) is 22.6 Å². The van der Waals surface area contributed by atoms with Crippen molar-refractivity contribution >= 4 is 23.4 Å². The summed E-state index contributed by atoms with van der Waals surface area (Å²) in [5.41, 5.74) is 0.885. The highest BCUT2D eigenvalue weighted by Gasteiger charge is 2.09. The van der Waals surface area contributed by atoms with Crippen LogP contribution in [0.1, 0.15) is 5.82 Å². The highest BCUT2D eigenvalue weighted by Crippen LogP contribution is 2.20. The number of aromatic nitrogens is 5. The van der Waals surface area contributed by atoms with Crippen molar-refractivity contribution in [1.29, 1.82) is 0 Å². The Labute approximate surface area is 125 Å². The van der Waals surface area contributed by atoms with Gasteiger partial charge in [0.2, 0.25) is 0 Å². The number of hydrogen-bond donors (Lipinski definition) is 0. The van der Waals surface area contributed by atoms with Crippen LogP contribution in [0.3, 0.4) is 0 Å². The predicted octanol–water partition coefficient (Wildman–Crippen LogP) is 3.00. The van der Waals surface area contributed by atoms with Crippen molar-refractivity contribution in [2.75, 3.05) is 0 Å². The third-order valence-electron chi connectivity index (χ3n) is 2.59. The van der Waals surface area contributed by atoms with E-state index in [0.29, 0.717) is 10.8 Å². The standard InChI is InChI=1S/C13H10ClN5S/c14-10-4-6-11(7-5-10)19-12(16-17-18-19)9-20-13-3-1-2-8-15-13/h1-8H,9H2. The summed E-state index contributed by atoms with van der Waals surface area (Å²) < 4.78 is 1.70. The summed E-state index contributed by atoms with van der Waals surface area (Å²) >= 11 is 7.47. The van der Waals surface area contributed by atoms with Crippen LogP contribution in [-0.2, 0) is 5.75 Å². The van der Waals surface area contributed by atoms with Crippen LogP contribution >= 0.6 is 23.4 Å². The van der Waals surface area contributed by atoms with Gasteiger partial charge in [-0.2, -0.15) is 4.68 Å². The summed E-state index contributed by atoms with van der Waals surface area (Å²) in [6.07, 6.45) is 1.77. The second-order valence-electron chi connectivity index (χ2n) is 3.94. The molecule has 0 aliphatic heterocycles. The number of rotatable bonds is 4. The van der Waals surface area contributed by atoms with Gasteiger partial charge in [-0.05, 0) is 46.8 Å². The molecule has 3 rings (SSSR count). The highest BCUT2D eigenvalue weighted by molar-refractivity contribution is 7.98. The van der Waals surface area contributed by atoms with Crippen LogP contribution in [0.5, 0.6) is 0 Å². The molecule has 2 aromatic heterocycles. The Hall–Kier alpha value is -1.92. The lowest BCUT2D eigenvalue weighted by atomic mass is 10.3. The van der Waals surface area contributed by atoms with Crippen LogP contribution in [0.2, 0.25) is 5.02 Å². The number of tetrazole rings is 1. The van der Waals surface area contributed by atoms with E-state index < -0.39 is 0 Å². The minimum atomic E-state index is 0.645. The van der Waals surface area contributed by atoms with Crippen molar-refractivity contribution in [3.63, 3.8) is 0 Å². The molecule has 20 heavy (non-hydrogen) atoms. The van der Waals surface area contributed by atoms with Crippen LogP contribution in [-0.4, -0.2) is 25.2 Å². The van der Waals surface area contributed by atoms with Gasteiger partial charge in [0.25, 0.3) is 0 Å². The van der Waals surface area contributed by atoms with Crippen LogP contribution in [0.4, 0.5) is 0 Å². The first-order valence-corrected chi connectivity index (χ1v) is 7.26. The summed E-state index contributed by atoms with van der Waals surface area (Å²) in [6, 6.07) is 13.2. The van der Waals surface area contributed by atoms with E-state index in [0.717, 1.165) is 16.5 Å². The van der Waals surface area contributed by atoms with Crippen LogP contribution in [0.15, 0.2) is 53.7 Å². The third-order valence-corrected chi connectivity index (χ3v) is 3.78. The molecule has 0 N–H and O–H groups in total. The third kappa shape index (κ3) is 2.97. The van der Waals surface area contributed by atoms with E-state index in [9.17, 15) is 0 Å². The van der Waals surface area contributed by atoms with Crippen LogP contribution < -0.4 is 0 Å². The van der Waals surface area contributed by atoms with Crippen molar-refractivity contribution < 1.29 is 0 Å². The SMILES string of the molecule is Clc1ccc(-n2nnnc2CSc2ccccn2)cc1. The molecular formula is C13H10ClN5S. The molecule has 1 aromatic carbocycles. The number of pyridine rings is 1. The van der Waals surface area contributed by atoms with Crippen LogP contribution in [0, 0.1) is 0 Å². The van der Waals surface area contributed by atoms with Gasteiger partial charge in [0.15, 0.2) is 5.82 Å². The zero-order valence-electron chi connectivity index (χ0n) is 10.3. The van der Waals surface area contributed by atoms with E-state index in [4.69, 9.17) is 11.6 Å². The molecule has 5 nitrogen and oxygen atoms in total. The molecule has 2 heterocycles. The van der Waals surface area contributed by atoms with E-state index >= 15 is 0 Å². The van der Waals surface area contributed by atoms with Crippen molar-refractivity contribution in [1.82, 2.24) is 25.2 Å². The summed E-state index contributed by atoms with van der Waals surface area (Å²) in [4.78, 5) is 4.26. The molecule has 0 aliphatic rings. The molecule has 100 valence electrons. The molecule has 0 saturated carbocycles. The Morgan fingerprint density at radius 2 is 1.95 bits per heavy atom. The largest absolute Gasteiger partial charge is 0.250 e. The number of hydrogen-bond acceptors (Lipinski definition) is 5. The van der Waals surface area contributed by atoms with Gasteiger partial charge in [-0.1, -0.05) is 29.4 Å². The average Bonchev–Trinajstić information content (AvgIpc) is 2.95. The summed E-state index contributed by atoms with van der Waals surface area (Å²) in [5.74, 6) is 1.41. The van der Waals surface area contributed by atoms with Crippen molar-refractivity contribution in [2.24, 2.45) is 0 Å². The zero-order valence-corrected chi connectivity index (χ0v) is 11.9. The summed E-state index contributed by atoms with van der Waals surface area (Å²) in [7, 11) is 0. The number of nitrogens with zero attached hydrogens (tertiary/aromatic N) is 5. The monoisotopic (exact) mass is 303 g/mol. The minimum Gasteiger partial charge on any atom is -0.250 e. The minimum absolute atomic E-state index is 0.645. The normalized spacial score (nSPS) is 10.7. The topological polar surface area (TPSA) is 56.5 Å². The van der Waals surface area contributed by atoms with Gasteiger partial charge >= 0.3 is 0 Å². The molecule has 0 aliphatic carbocycles. The lowest BCUT2D eigenvalue weighted by molar-refractivity contribution is 0.777. The number of halogens is 1. The molecule has 0 atom stereocenters. The molecule has 3 aromatic rings. The first-order valence-electron chi connectivity index (χ1n) is 5.90. The fourth-order valence-corrected chi connectivity index (χ4v) is 2.54. The molecular weight excluding hydrogens is 294 g/mol. The van der Waals surface area contributed by atoms with Gasteiger partial charge in [0, 0.05) is 11.2 Å². The second kappa shape index (κ2) is 6.02. The Kier molecular flexibility index (Phi) is 3.94. The fourth-order valence-electron chi connectivity index (χ4n) is 1.65. The lowest BCUT2D eigenvalue weighted by Crippen LogP contribution is -2.02. The fraction of sp³-hybridized carbons (Fsp3) is 0.0769. The molecule has 0 spiro atoms. The average molecular weight is 304 g/mol. The van der Waals surface area contributed by atoms with Crippen molar-refractivity contribution in [3.8, 4) is 5.69 Å². The maximum atomic E-state index is 5.88. The van der Waals surface area contributed by atoms with Gasteiger partial charge in [-0.25, -0.2) is 4.98 Å². The molecule has 0 amide bonds. The van der Waals surface area contributed by atoms with Gasteiger partial charge in [0.05, 0.1) is 16.5 Å². The van der Waals surface area contributed by atoms with Crippen molar-refractivity contribution in [3.05, 3.63) is 59.5 Å². The van der Waals surface area contributed by atoms with Gasteiger partial charge in [-0.3, -0.25) is 0 Å². The van der Waals surface area contributed by atoms with E-state index in [2.05, 4.69) is 20.5 Å². The van der Waals surface area contributed by atoms with Crippen LogP contribution in [0.25, 0.3) is 5.69 Å². The Balaban J connectivity index is 1.78. The van der Waals surface area contributed by atoms with E-state index in [1.165, 1.54) is 0 Å². The molecule has 0 bridgehead atoms. The first-order chi connectivity index (χ1) is 9.83. The predicted molar refractivity (Wildman–Crippen MR) is 78.0 cm³/mol. The maximum Gasteiger partial charge on any atom is 0.166 e. The van der Waals surface area contributed by atoms with E-state index in [1.807, 2.05) is 42.5 Å². The molecule has 0 fully saturated rings. The first kappa shape index (κ1) is 13.1. The molecule has 0 saturated heterocycles. The number of thioether (sulfide) groups is 1. The number of benzene rings is 1. The maximum absolute atomic E-state index is 5.88. The Morgan fingerprint density at radius 1 is 1.10 bits per heavy atom. The van der Waals surface area contributed by atoms with E-state index in [-0.39, 0.29) is 0 Å². The summed E-state index contributed by atoms with van der Waals surface area (Å²) in [6.45, 7) is 0. The molecule has 0 radical (unpaired) electrons.